The lowest BCUT2D eigenvalue weighted by Crippen LogP contribution is -2.08. The summed E-state index contributed by atoms with van der Waals surface area (Å²) in [5, 5.41) is 13.9. The predicted octanol–water partition coefficient (Wildman–Crippen LogP) is 3.89. The molecule has 3 rings (SSSR count). The minimum absolute atomic E-state index is 0.365. The van der Waals surface area contributed by atoms with E-state index in [2.05, 4.69) is 52.1 Å². The first-order chi connectivity index (χ1) is 9.86. The molecule has 0 radical (unpaired) electrons. The molecule has 2 aromatic heterocycles. The van der Waals surface area contributed by atoms with Gasteiger partial charge in [0.05, 0.1) is 24.1 Å². The lowest BCUT2D eigenvalue weighted by atomic mass is 10.1. The van der Waals surface area contributed by atoms with Gasteiger partial charge in [0.1, 0.15) is 0 Å². The van der Waals surface area contributed by atoms with Gasteiger partial charge in [0, 0.05) is 10.6 Å². The SMILES string of the molecule is CCC(Nc1ccc(-n2nccn2)cc1)c1cccs1. The highest BCUT2D eigenvalue weighted by atomic mass is 32.1. The second-order valence-electron chi connectivity index (χ2n) is 4.49. The predicted molar refractivity (Wildman–Crippen MR) is 82.3 cm³/mol. The number of hydrogen-bond acceptors (Lipinski definition) is 4. The number of nitrogens with one attached hydrogen (secondary N) is 1. The summed E-state index contributed by atoms with van der Waals surface area (Å²) in [5.41, 5.74) is 2.07. The molecule has 0 aliphatic carbocycles. The van der Waals surface area contributed by atoms with Gasteiger partial charge >= 0.3 is 0 Å². The van der Waals surface area contributed by atoms with Crippen molar-refractivity contribution in [3.63, 3.8) is 0 Å². The first-order valence-corrected chi connectivity index (χ1v) is 7.51. The van der Waals surface area contributed by atoms with Crippen LogP contribution >= 0.6 is 11.3 Å². The van der Waals surface area contributed by atoms with Crippen LogP contribution in [0, 0.1) is 0 Å². The quantitative estimate of drug-likeness (QED) is 0.773. The van der Waals surface area contributed by atoms with Gasteiger partial charge in [0.2, 0.25) is 0 Å². The molecule has 1 atom stereocenters. The summed E-state index contributed by atoms with van der Waals surface area (Å²) >= 11 is 1.79. The van der Waals surface area contributed by atoms with Gasteiger partial charge in [-0.2, -0.15) is 15.0 Å². The molecule has 0 saturated carbocycles. The Labute approximate surface area is 122 Å². The number of rotatable bonds is 5. The van der Waals surface area contributed by atoms with Gasteiger partial charge in [0.25, 0.3) is 0 Å². The van der Waals surface area contributed by atoms with Gasteiger partial charge in [-0.1, -0.05) is 13.0 Å². The molecule has 5 heteroatoms. The number of nitrogens with zero attached hydrogens (tertiary/aromatic N) is 3. The fourth-order valence-electron chi connectivity index (χ4n) is 2.11. The summed E-state index contributed by atoms with van der Waals surface area (Å²) in [7, 11) is 0. The van der Waals surface area contributed by atoms with Gasteiger partial charge in [-0.05, 0) is 42.1 Å². The lowest BCUT2D eigenvalue weighted by molar-refractivity contribution is 0.750. The van der Waals surface area contributed by atoms with Crippen molar-refractivity contribution >= 4 is 17.0 Å². The summed E-state index contributed by atoms with van der Waals surface area (Å²) < 4.78 is 0. The third kappa shape index (κ3) is 2.72. The maximum Gasteiger partial charge on any atom is 0.0858 e. The number of anilines is 1. The first-order valence-electron chi connectivity index (χ1n) is 6.63. The Hall–Kier alpha value is -2.14. The third-order valence-corrected chi connectivity index (χ3v) is 4.14. The Bertz CT molecular complexity index is 629. The minimum Gasteiger partial charge on any atom is -0.377 e. The van der Waals surface area contributed by atoms with Crippen molar-refractivity contribution < 1.29 is 0 Å². The fraction of sp³-hybridized carbons (Fsp3) is 0.200. The Balaban J connectivity index is 1.75. The molecule has 1 unspecified atom stereocenters. The fourth-order valence-corrected chi connectivity index (χ4v) is 2.97. The number of thiophene rings is 1. The summed E-state index contributed by atoms with van der Waals surface area (Å²) in [6.07, 6.45) is 4.41. The number of benzene rings is 1. The Kier molecular flexibility index (Phi) is 3.78. The van der Waals surface area contributed by atoms with Crippen LogP contribution in [0.1, 0.15) is 24.3 Å². The molecular weight excluding hydrogens is 268 g/mol. The van der Waals surface area contributed by atoms with E-state index in [0.29, 0.717) is 6.04 Å². The highest BCUT2D eigenvalue weighted by Gasteiger charge is 2.09. The molecule has 0 bridgehead atoms. The monoisotopic (exact) mass is 284 g/mol. The molecule has 1 aromatic carbocycles. The lowest BCUT2D eigenvalue weighted by Gasteiger charge is -2.17. The maximum absolute atomic E-state index is 4.12. The molecule has 1 N–H and O–H groups in total. The van der Waals surface area contributed by atoms with Crippen LogP contribution in [0.5, 0.6) is 0 Å². The molecule has 0 aliphatic heterocycles. The van der Waals surface area contributed by atoms with E-state index < -0.39 is 0 Å². The van der Waals surface area contributed by atoms with Gasteiger partial charge < -0.3 is 5.32 Å². The number of aromatic nitrogens is 3. The number of hydrogen-bond donors (Lipinski definition) is 1. The molecule has 3 aromatic rings. The first kappa shape index (κ1) is 12.9. The van der Waals surface area contributed by atoms with E-state index in [9.17, 15) is 0 Å². The van der Waals surface area contributed by atoms with Gasteiger partial charge in [0.15, 0.2) is 0 Å². The van der Waals surface area contributed by atoms with Crippen LogP contribution in [0.2, 0.25) is 0 Å². The second-order valence-corrected chi connectivity index (χ2v) is 5.47. The molecule has 0 spiro atoms. The Morgan fingerprint density at radius 2 is 1.90 bits per heavy atom. The van der Waals surface area contributed by atoms with Crippen molar-refractivity contribution in [2.24, 2.45) is 0 Å². The Morgan fingerprint density at radius 1 is 1.15 bits per heavy atom. The van der Waals surface area contributed by atoms with E-state index in [1.54, 1.807) is 28.5 Å². The van der Waals surface area contributed by atoms with Crippen LogP contribution in [0.3, 0.4) is 0 Å². The molecule has 0 aliphatic rings. The van der Waals surface area contributed by atoms with Gasteiger partial charge in [-0.15, -0.1) is 11.3 Å². The van der Waals surface area contributed by atoms with Crippen molar-refractivity contribution in [2.45, 2.75) is 19.4 Å². The molecule has 4 nitrogen and oxygen atoms in total. The smallest absolute Gasteiger partial charge is 0.0858 e. The van der Waals surface area contributed by atoms with Crippen molar-refractivity contribution in [1.82, 2.24) is 15.0 Å². The molecule has 102 valence electrons. The summed E-state index contributed by atoms with van der Waals surface area (Å²) in [6.45, 7) is 2.19. The normalized spacial score (nSPS) is 12.2. The van der Waals surface area contributed by atoms with Crippen molar-refractivity contribution in [1.29, 1.82) is 0 Å². The van der Waals surface area contributed by atoms with Crippen LogP contribution in [-0.4, -0.2) is 15.0 Å². The van der Waals surface area contributed by atoms with Crippen molar-refractivity contribution in [3.8, 4) is 5.69 Å². The zero-order chi connectivity index (χ0) is 13.8. The highest BCUT2D eigenvalue weighted by molar-refractivity contribution is 7.10. The zero-order valence-corrected chi connectivity index (χ0v) is 12.0. The molecular formula is C15H16N4S. The van der Waals surface area contributed by atoms with Crippen LogP contribution < -0.4 is 5.32 Å². The van der Waals surface area contributed by atoms with Crippen LogP contribution in [0.4, 0.5) is 5.69 Å². The second kappa shape index (κ2) is 5.88. The highest BCUT2D eigenvalue weighted by Crippen LogP contribution is 2.26. The van der Waals surface area contributed by atoms with Crippen LogP contribution in [0.25, 0.3) is 5.69 Å². The minimum atomic E-state index is 0.365. The van der Waals surface area contributed by atoms with E-state index in [0.717, 1.165) is 17.8 Å². The van der Waals surface area contributed by atoms with Crippen LogP contribution in [-0.2, 0) is 0 Å². The standard InChI is InChI=1S/C15H16N4S/c1-2-14(15-4-3-11-20-15)18-12-5-7-13(8-6-12)19-16-9-10-17-19/h3-11,14,18H,2H2,1H3. The van der Waals surface area contributed by atoms with Gasteiger partial charge in [-0.25, -0.2) is 0 Å². The van der Waals surface area contributed by atoms with Crippen LogP contribution in [0.15, 0.2) is 54.2 Å². The average molecular weight is 284 g/mol. The van der Waals surface area contributed by atoms with Gasteiger partial charge in [-0.3, -0.25) is 0 Å². The van der Waals surface area contributed by atoms with E-state index in [1.807, 2.05) is 12.1 Å². The van der Waals surface area contributed by atoms with Crippen molar-refractivity contribution in [3.05, 3.63) is 59.0 Å². The zero-order valence-electron chi connectivity index (χ0n) is 11.2. The summed E-state index contributed by atoms with van der Waals surface area (Å²) in [6, 6.07) is 12.8. The average Bonchev–Trinajstić information content (AvgIpc) is 3.18. The maximum atomic E-state index is 4.12. The van der Waals surface area contributed by atoms with E-state index in [4.69, 9.17) is 0 Å². The van der Waals surface area contributed by atoms with E-state index in [-0.39, 0.29) is 0 Å². The van der Waals surface area contributed by atoms with E-state index in [1.165, 1.54) is 4.88 Å². The topological polar surface area (TPSA) is 42.7 Å². The summed E-state index contributed by atoms with van der Waals surface area (Å²) in [4.78, 5) is 2.98. The molecule has 0 fully saturated rings. The van der Waals surface area contributed by atoms with E-state index >= 15 is 0 Å². The molecule has 0 saturated heterocycles. The molecule has 20 heavy (non-hydrogen) atoms. The molecule has 2 heterocycles. The molecule has 0 amide bonds. The Morgan fingerprint density at radius 3 is 2.50 bits per heavy atom. The summed E-state index contributed by atoms with van der Waals surface area (Å²) in [5.74, 6) is 0. The third-order valence-electron chi connectivity index (χ3n) is 3.15. The van der Waals surface area contributed by atoms with Crippen molar-refractivity contribution in [2.75, 3.05) is 5.32 Å². The largest absolute Gasteiger partial charge is 0.377 e.